The van der Waals surface area contributed by atoms with Crippen LogP contribution in [-0.2, 0) is 0 Å². The Labute approximate surface area is 137 Å². The first-order valence-corrected chi connectivity index (χ1v) is 7.85. The first-order valence-electron chi connectivity index (χ1n) is 7.06. The van der Waals surface area contributed by atoms with Crippen molar-refractivity contribution < 1.29 is 9.53 Å². The van der Waals surface area contributed by atoms with Crippen LogP contribution in [0.1, 0.15) is 16.8 Å². The lowest BCUT2D eigenvalue weighted by Gasteiger charge is -2.15. The molecule has 1 aliphatic heterocycles. The minimum Gasteiger partial charge on any atom is -0.439 e. The minimum atomic E-state index is -0.0329. The zero-order valence-corrected chi connectivity index (χ0v) is 13.5. The average Bonchev–Trinajstić information content (AvgIpc) is 2.94. The summed E-state index contributed by atoms with van der Waals surface area (Å²) in [6.45, 7) is 1.31. The number of carbonyl (C=O) groups excluding carboxylic acids is 1. The topological polar surface area (TPSA) is 68.5 Å². The highest BCUT2D eigenvalue weighted by Crippen LogP contribution is 2.23. The van der Waals surface area contributed by atoms with Crippen LogP contribution in [0.2, 0.25) is 0 Å². The molecule has 1 fully saturated rings. The van der Waals surface area contributed by atoms with Gasteiger partial charge in [0.15, 0.2) is 0 Å². The van der Waals surface area contributed by atoms with E-state index >= 15 is 0 Å². The van der Waals surface area contributed by atoms with Crippen molar-refractivity contribution in [2.24, 2.45) is 5.73 Å². The third-order valence-electron chi connectivity index (χ3n) is 3.51. The molecular formula is C16H16BrN3O2. The number of benzene rings is 1. The fourth-order valence-electron chi connectivity index (χ4n) is 2.37. The van der Waals surface area contributed by atoms with E-state index in [2.05, 4.69) is 20.9 Å². The summed E-state index contributed by atoms with van der Waals surface area (Å²) in [5.41, 5.74) is 6.38. The molecule has 2 N–H and O–H groups in total. The lowest BCUT2D eigenvalue weighted by molar-refractivity contribution is 0.0790. The summed E-state index contributed by atoms with van der Waals surface area (Å²) in [6, 6.07) is 11.0. The molecule has 22 heavy (non-hydrogen) atoms. The van der Waals surface area contributed by atoms with E-state index in [0.717, 1.165) is 10.9 Å². The van der Waals surface area contributed by atoms with E-state index in [1.165, 1.54) is 0 Å². The van der Waals surface area contributed by atoms with Crippen LogP contribution >= 0.6 is 15.9 Å². The fourth-order valence-corrected chi connectivity index (χ4v) is 2.75. The number of amides is 1. The van der Waals surface area contributed by atoms with Gasteiger partial charge in [-0.25, -0.2) is 4.98 Å². The molecule has 1 aliphatic rings. The number of hydrogen-bond donors (Lipinski definition) is 1. The van der Waals surface area contributed by atoms with Crippen LogP contribution < -0.4 is 10.5 Å². The Morgan fingerprint density at radius 1 is 1.36 bits per heavy atom. The van der Waals surface area contributed by atoms with Crippen molar-refractivity contribution >= 4 is 21.8 Å². The number of halogens is 1. The van der Waals surface area contributed by atoms with Crippen molar-refractivity contribution in [2.45, 2.75) is 12.5 Å². The molecule has 0 aliphatic carbocycles. The molecule has 114 valence electrons. The van der Waals surface area contributed by atoms with E-state index in [9.17, 15) is 4.79 Å². The number of rotatable bonds is 3. The van der Waals surface area contributed by atoms with Gasteiger partial charge in [0.1, 0.15) is 5.75 Å². The highest BCUT2D eigenvalue weighted by atomic mass is 79.9. The summed E-state index contributed by atoms with van der Waals surface area (Å²) in [7, 11) is 0. The number of likely N-dealkylation sites (tertiary alicyclic amines) is 1. The van der Waals surface area contributed by atoms with Crippen LogP contribution in [-0.4, -0.2) is 34.9 Å². The largest absolute Gasteiger partial charge is 0.439 e. The van der Waals surface area contributed by atoms with Crippen LogP contribution in [0, 0.1) is 0 Å². The number of aromatic nitrogens is 1. The number of nitrogens with zero attached hydrogens (tertiary/aromatic N) is 2. The third-order valence-corrected chi connectivity index (χ3v) is 4.01. The monoisotopic (exact) mass is 361 g/mol. The van der Waals surface area contributed by atoms with Crippen molar-refractivity contribution in [2.75, 3.05) is 13.1 Å². The molecular weight excluding hydrogens is 346 g/mol. The van der Waals surface area contributed by atoms with Crippen LogP contribution in [0.25, 0.3) is 0 Å². The molecule has 1 amide bonds. The van der Waals surface area contributed by atoms with Crippen molar-refractivity contribution in [1.29, 1.82) is 0 Å². The fraction of sp³-hybridized carbons (Fsp3) is 0.250. The molecule has 1 aromatic heterocycles. The molecule has 1 aromatic carbocycles. The van der Waals surface area contributed by atoms with Crippen molar-refractivity contribution in [1.82, 2.24) is 9.88 Å². The van der Waals surface area contributed by atoms with Crippen molar-refractivity contribution in [3.8, 4) is 11.6 Å². The molecule has 6 heteroatoms. The SMILES string of the molecule is NC1CCN(C(=O)c2ccc(Oc3cccc(Br)c3)nc2)C1. The molecule has 2 heterocycles. The Morgan fingerprint density at radius 2 is 2.23 bits per heavy atom. The summed E-state index contributed by atoms with van der Waals surface area (Å²) in [4.78, 5) is 18.2. The van der Waals surface area contributed by atoms with Crippen LogP contribution in [0.15, 0.2) is 47.1 Å². The second kappa shape index (κ2) is 6.46. The molecule has 5 nitrogen and oxygen atoms in total. The highest BCUT2D eigenvalue weighted by Gasteiger charge is 2.24. The van der Waals surface area contributed by atoms with E-state index < -0.39 is 0 Å². The van der Waals surface area contributed by atoms with E-state index in [4.69, 9.17) is 10.5 Å². The summed E-state index contributed by atoms with van der Waals surface area (Å²) < 4.78 is 6.58. The summed E-state index contributed by atoms with van der Waals surface area (Å²) >= 11 is 3.39. The number of pyridine rings is 1. The molecule has 0 bridgehead atoms. The van der Waals surface area contributed by atoms with Crippen LogP contribution in [0.3, 0.4) is 0 Å². The van der Waals surface area contributed by atoms with Gasteiger partial charge in [-0.2, -0.15) is 0 Å². The normalized spacial score (nSPS) is 17.5. The molecule has 0 saturated carbocycles. The summed E-state index contributed by atoms with van der Waals surface area (Å²) in [5, 5.41) is 0. The maximum Gasteiger partial charge on any atom is 0.255 e. The van der Waals surface area contributed by atoms with Gasteiger partial charge in [0.2, 0.25) is 5.88 Å². The molecule has 0 radical (unpaired) electrons. The Kier molecular flexibility index (Phi) is 4.40. The Bertz CT molecular complexity index is 675. The second-order valence-electron chi connectivity index (χ2n) is 5.24. The average molecular weight is 362 g/mol. The summed E-state index contributed by atoms with van der Waals surface area (Å²) in [5.74, 6) is 1.11. The molecule has 3 rings (SSSR count). The predicted molar refractivity (Wildman–Crippen MR) is 86.9 cm³/mol. The van der Waals surface area contributed by atoms with Gasteiger partial charge in [-0.15, -0.1) is 0 Å². The van der Waals surface area contributed by atoms with Gasteiger partial charge >= 0.3 is 0 Å². The maximum atomic E-state index is 12.3. The molecule has 2 aromatic rings. The smallest absolute Gasteiger partial charge is 0.255 e. The lowest BCUT2D eigenvalue weighted by Crippen LogP contribution is -2.31. The first-order chi connectivity index (χ1) is 10.6. The van der Waals surface area contributed by atoms with Crippen molar-refractivity contribution in [3.63, 3.8) is 0 Å². The van der Waals surface area contributed by atoms with Crippen LogP contribution in [0.5, 0.6) is 11.6 Å². The number of nitrogens with two attached hydrogens (primary N) is 1. The Balaban J connectivity index is 1.69. The van der Waals surface area contributed by atoms with Gasteiger partial charge in [-0.1, -0.05) is 22.0 Å². The van der Waals surface area contributed by atoms with Gasteiger partial charge in [0, 0.05) is 35.9 Å². The molecule has 1 unspecified atom stereocenters. The molecule has 1 saturated heterocycles. The van der Waals surface area contributed by atoms with E-state index in [-0.39, 0.29) is 11.9 Å². The van der Waals surface area contributed by atoms with Gasteiger partial charge < -0.3 is 15.4 Å². The standard InChI is InChI=1S/C16H16BrN3O2/c17-12-2-1-3-14(8-12)22-15-5-4-11(9-19-15)16(21)20-7-6-13(18)10-20/h1-5,8-9,13H,6-7,10,18H2. The van der Waals surface area contributed by atoms with E-state index in [0.29, 0.717) is 30.3 Å². The quantitative estimate of drug-likeness (QED) is 0.912. The van der Waals surface area contributed by atoms with E-state index in [1.54, 1.807) is 23.2 Å². The van der Waals surface area contributed by atoms with Crippen molar-refractivity contribution in [3.05, 3.63) is 52.6 Å². The maximum absolute atomic E-state index is 12.3. The van der Waals surface area contributed by atoms with Crippen LogP contribution in [0.4, 0.5) is 0 Å². The summed E-state index contributed by atoms with van der Waals surface area (Å²) in [6.07, 6.45) is 2.39. The minimum absolute atomic E-state index is 0.0329. The highest BCUT2D eigenvalue weighted by molar-refractivity contribution is 9.10. The van der Waals surface area contributed by atoms with Gasteiger partial charge in [-0.05, 0) is 30.7 Å². The predicted octanol–water partition coefficient (Wildman–Crippen LogP) is 2.81. The number of hydrogen-bond acceptors (Lipinski definition) is 4. The number of ether oxygens (including phenoxy) is 1. The molecule has 0 spiro atoms. The second-order valence-corrected chi connectivity index (χ2v) is 6.16. The van der Waals surface area contributed by atoms with Gasteiger partial charge in [0.25, 0.3) is 5.91 Å². The van der Waals surface area contributed by atoms with E-state index in [1.807, 2.05) is 24.3 Å². The van der Waals surface area contributed by atoms with Gasteiger partial charge in [-0.3, -0.25) is 4.79 Å². The zero-order valence-electron chi connectivity index (χ0n) is 11.9. The lowest BCUT2D eigenvalue weighted by atomic mass is 10.2. The Hall–Kier alpha value is -1.92. The first kappa shape index (κ1) is 15.0. The third kappa shape index (κ3) is 3.45. The molecule has 1 atom stereocenters. The zero-order chi connectivity index (χ0) is 15.5. The number of carbonyl (C=O) groups is 1. The van der Waals surface area contributed by atoms with Gasteiger partial charge in [0.05, 0.1) is 5.56 Å². The Morgan fingerprint density at radius 3 is 2.86 bits per heavy atom.